The van der Waals surface area contributed by atoms with Gasteiger partial charge in [0.15, 0.2) is 0 Å². The van der Waals surface area contributed by atoms with Gasteiger partial charge in [0.1, 0.15) is 5.75 Å². The molecule has 4 aliphatic rings. The van der Waals surface area contributed by atoms with E-state index in [2.05, 4.69) is 34.6 Å². The van der Waals surface area contributed by atoms with E-state index in [1.54, 1.807) is 0 Å². The molecule has 1 aromatic carbocycles. The van der Waals surface area contributed by atoms with Crippen molar-refractivity contribution in [1.29, 1.82) is 0 Å². The Kier molecular flexibility index (Phi) is 7.33. The fourth-order valence-electron chi connectivity index (χ4n) is 10.3. The number of hydrogen-bond donors (Lipinski definition) is 2. The summed E-state index contributed by atoms with van der Waals surface area (Å²) < 4.78 is 6.46. The molecule has 0 heterocycles. The van der Waals surface area contributed by atoms with Gasteiger partial charge in [-0.2, -0.15) is 0 Å². The van der Waals surface area contributed by atoms with Crippen LogP contribution in [-0.2, 0) is 0 Å². The summed E-state index contributed by atoms with van der Waals surface area (Å²) in [5.74, 6) is 7.20. The quantitative estimate of drug-likeness (QED) is 0.372. The normalized spacial score (nSPS) is 40.8. The van der Waals surface area contributed by atoms with E-state index < -0.39 is 0 Å². The molecule has 4 aliphatic carbocycles. The molecule has 0 spiro atoms. The molecule has 4 N–H and O–H groups in total. The van der Waals surface area contributed by atoms with E-state index in [1.807, 2.05) is 18.2 Å². The van der Waals surface area contributed by atoms with Crippen LogP contribution in [0.1, 0.15) is 112 Å². The van der Waals surface area contributed by atoms with Gasteiger partial charge in [-0.15, -0.1) is 0 Å². The molecule has 0 radical (unpaired) electrons. The minimum atomic E-state index is 0.303. The number of ether oxygens (including phenoxy) is 1. The highest BCUT2D eigenvalue weighted by molar-refractivity contribution is 5.56. The first-order valence-corrected chi connectivity index (χ1v) is 15.4. The summed E-state index contributed by atoms with van der Waals surface area (Å²) in [5.41, 5.74) is 14.5. The zero-order valence-corrected chi connectivity index (χ0v) is 23.9. The standard InChI is InChI=1S/C33H54N2O/c1-21(2)7-6-8-22(3)29-11-12-30-28-10-9-23-17-26(36-27-19-24(34)18-25(35)20-27)13-15-32(23,4)31(28)14-16-33(29,30)5/h18-23,26,28-31H,6-17,34-35H2,1-5H3. The van der Waals surface area contributed by atoms with Crippen molar-refractivity contribution in [2.75, 3.05) is 11.5 Å². The lowest BCUT2D eigenvalue weighted by Crippen LogP contribution is -2.54. The third-order valence-corrected chi connectivity index (χ3v) is 12.1. The van der Waals surface area contributed by atoms with Crippen molar-refractivity contribution in [1.82, 2.24) is 0 Å². The molecule has 4 saturated carbocycles. The predicted octanol–water partition coefficient (Wildman–Crippen LogP) is 8.72. The van der Waals surface area contributed by atoms with Crippen molar-refractivity contribution >= 4 is 11.4 Å². The number of rotatable bonds is 7. The van der Waals surface area contributed by atoms with Gasteiger partial charge in [0, 0.05) is 23.5 Å². The van der Waals surface area contributed by atoms with Crippen LogP contribution in [0.2, 0.25) is 0 Å². The second kappa shape index (κ2) is 10.1. The number of anilines is 2. The molecule has 0 saturated heterocycles. The van der Waals surface area contributed by atoms with E-state index in [4.69, 9.17) is 16.2 Å². The fourth-order valence-corrected chi connectivity index (χ4v) is 10.3. The molecule has 3 heteroatoms. The van der Waals surface area contributed by atoms with Crippen LogP contribution in [0.5, 0.6) is 5.75 Å². The van der Waals surface area contributed by atoms with Crippen LogP contribution in [-0.4, -0.2) is 6.10 Å². The molecule has 4 fully saturated rings. The highest BCUT2D eigenvalue weighted by Gasteiger charge is 2.60. The van der Waals surface area contributed by atoms with Crippen LogP contribution >= 0.6 is 0 Å². The Bertz CT molecular complexity index is 893. The third-order valence-electron chi connectivity index (χ3n) is 12.1. The number of benzene rings is 1. The summed E-state index contributed by atoms with van der Waals surface area (Å²) >= 11 is 0. The van der Waals surface area contributed by atoms with E-state index >= 15 is 0 Å². The monoisotopic (exact) mass is 494 g/mol. The van der Waals surface area contributed by atoms with Gasteiger partial charge in [-0.3, -0.25) is 0 Å². The minimum absolute atomic E-state index is 0.303. The summed E-state index contributed by atoms with van der Waals surface area (Å²) in [6.45, 7) is 12.7. The van der Waals surface area contributed by atoms with Crippen LogP contribution in [0.3, 0.4) is 0 Å². The van der Waals surface area contributed by atoms with Gasteiger partial charge >= 0.3 is 0 Å². The van der Waals surface area contributed by atoms with Crippen LogP contribution in [0.4, 0.5) is 11.4 Å². The number of fused-ring (bicyclic) bond motifs is 5. The van der Waals surface area contributed by atoms with E-state index in [0.717, 1.165) is 47.2 Å². The van der Waals surface area contributed by atoms with E-state index in [-0.39, 0.29) is 0 Å². The zero-order valence-electron chi connectivity index (χ0n) is 23.9. The molecule has 9 atom stereocenters. The van der Waals surface area contributed by atoms with Crippen LogP contribution in [0.15, 0.2) is 18.2 Å². The van der Waals surface area contributed by atoms with Crippen LogP contribution in [0, 0.1) is 52.3 Å². The summed E-state index contributed by atoms with van der Waals surface area (Å²) in [5, 5.41) is 0. The first kappa shape index (κ1) is 26.2. The lowest BCUT2D eigenvalue weighted by molar-refractivity contribution is -0.126. The second-order valence-corrected chi connectivity index (χ2v) is 14.5. The molecule has 0 bridgehead atoms. The van der Waals surface area contributed by atoms with Crippen molar-refractivity contribution < 1.29 is 4.74 Å². The van der Waals surface area contributed by atoms with Gasteiger partial charge in [-0.1, -0.05) is 53.9 Å². The predicted molar refractivity (Wildman–Crippen MR) is 153 cm³/mol. The first-order valence-electron chi connectivity index (χ1n) is 15.4. The summed E-state index contributed by atoms with van der Waals surface area (Å²) in [6, 6.07) is 5.68. The Morgan fingerprint density at radius 2 is 1.53 bits per heavy atom. The zero-order chi connectivity index (χ0) is 25.7. The molecule has 36 heavy (non-hydrogen) atoms. The average Bonchev–Trinajstić information content (AvgIpc) is 3.15. The Balaban J connectivity index is 1.24. The van der Waals surface area contributed by atoms with Crippen LogP contribution < -0.4 is 16.2 Å². The smallest absolute Gasteiger partial charge is 0.123 e. The topological polar surface area (TPSA) is 61.3 Å². The fraction of sp³-hybridized carbons (Fsp3) is 0.818. The maximum atomic E-state index is 6.46. The van der Waals surface area contributed by atoms with Crippen molar-refractivity contribution in [2.24, 2.45) is 52.3 Å². The molecule has 3 nitrogen and oxygen atoms in total. The Hall–Kier alpha value is -1.38. The van der Waals surface area contributed by atoms with E-state index in [0.29, 0.717) is 28.3 Å². The minimum Gasteiger partial charge on any atom is -0.490 e. The molecular weight excluding hydrogens is 440 g/mol. The molecule has 9 unspecified atom stereocenters. The maximum Gasteiger partial charge on any atom is 0.123 e. The van der Waals surface area contributed by atoms with Gasteiger partial charge < -0.3 is 16.2 Å². The number of nitrogen functional groups attached to an aromatic ring is 2. The van der Waals surface area contributed by atoms with Gasteiger partial charge in [0.05, 0.1) is 6.10 Å². The van der Waals surface area contributed by atoms with Gasteiger partial charge in [-0.05, 0) is 116 Å². The molecule has 5 rings (SSSR count). The van der Waals surface area contributed by atoms with E-state index in [9.17, 15) is 0 Å². The highest BCUT2D eigenvalue weighted by atomic mass is 16.5. The second-order valence-electron chi connectivity index (χ2n) is 14.5. The van der Waals surface area contributed by atoms with Crippen molar-refractivity contribution in [2.45, 2.75) is 118 Å². The maximum absolute atomic E-state index is 6.46. The number of nitrogens with two attached hydrogens (primary N) is 2. The molecule has 0 aliphatic heterocycles. The Labute approximate surface area is 221 Å². The van der Waals surface area contributed by atoms with Crippen LogP contribution in [0.25, 0.3) is 0 Å². The van der Waals surface area contributed by atoms with Gasteiger partial charge in [0.2, 0.25) is 0 Å². The Morgan fingerprint density at radius 3 is 2.25 bits per heavy atom. The number of hydrogen-bond acceptors (Lipinski definition) is 3. The van der Waals surface area contributed by atoms with Crippen molar-refractivity contribution in [3.63, 3.8) is 0 Å². The summed E-state index contributed by atoms with van der Waals surface area (Å²) in [6.07, 6.45) is 17.1. The van der Waals surface area contributed by atoms with Crippen molar-refractivity contribution in [3.05, 3.63) is 18.2 Å². The molecule has 0 amide bonds. The van der Waals surface area contributed by atoms with Crippen molar-refractivity contribution in [3.8, 4) is 5.75 Å². The highest BCUT2D eigenvalue weighted by Crippen LogP contribution is 2.68. The lowest BCUT2D eigenvalue weighted by atomic mass is 9.44. The van der Waals surface area contributed by atoms with E-state index in [1.165, 1.54) is 77.0 Å². The summed E-state index contributed by atoms with van der Waals surface area (Å²) in [7, 11) is 0. The molecule has 202 valence electrons. The summed E-state index contributed by atoms with van der Waals surface area (Å²) in [4.78, 5) is 0. The third kappa shape index (κ3) is 4.78. The lowest BCUT2D eigenvalue weighted by Gasteiger charge is -2.61. The largest absolute Gasteiger partial charge is 0.490 e. The SMILES string of the molecule is CC(C)CCCC(C)C1CCC2C3CCC4CC(Oc5cc(N)cc(N)c5)CCC4(C)C3CCC12C. The Morgan fingerprint density at radius 1 is 0.833 bits per heavy atom. The van der Waals surface area contributed by atoms with Gasteiger partial charge in [-0.25, -0.2) is 0 Å². The first-order chi connectivity index (χ1) is 17.1. The average molecular weight is 495 g/mol. The molecular formula is C33H54N2O. The molecule has 0 aromatic heterocycles. The molecule has 1 aromatic rings. The van der Waals surface area contributed by atoms with Gasteiger partial charge in [0.25, 0.3) is 0 Å².